The van der Waals surface area contributed by atoms with Gasteiger partial charge in [0.2, 0.25) is 0 Å². The zero-order valence-corrected chi connectivity index (χ0v) is 17.2. The van der Waals surface area contributed by atoms with Crippen molar-refractivity contribution in [1.82, 2.24) is 14.9 Å². The van der Waals surface area contributed by atoms with Crippen molar-refractivity contribution in [3.8, 4) is 0 Å². The Balaban J connectivity index is 2.11. The fourth-order valence-corrected chi connectivity index (χ4v) is 3.22. The molecule has 0 N–H and O–H groups in total. The highest BCUT2D eigenvalue weighted by Crippen LogP contribution is 2.33. The van der Waals surface area contributed by atoms with E-state index in [-0.39, 0.29) is 24.4 Å². The molecule has 0 aliphatic carbocycles. The van der Waals surface area contributed by atoms with Gasteiger partial charge in [0.25, 0.3) is 0 Å². The van der Waals surface area contributed by atoms with E-state index >= 15 is 0 Å². The largest absolute Gasteiger partial charge is 0.469 e. The molecule has 9 heteroatoms. The van der Waals surface area contributed by atoms with E-state index in [0.717, 1.165) is 5.56 Å². The summed E-state index contributed by atoms with van der Waals surface area (Å²) in [5.74, 6) is 0.184. The lowest BCUT2D eigenvalue weighted by Gasteiger charge is -2.37. The van der Waals surface area contributed by atoms with Gasteiger partial charge < -0.3 is 19.3 Å². The highest BCUT2D eigenvalue weighted by Gasteiger charge is 2.29. The minimum Gasteiger partial charge on any atom is -0.469 e. The van der Waals surface area contributed by atoms with E-state index in [2.05, 4.69) is 14.9 Å². The van der Waals surface area contributed by atoms with Crippen LogP contribution in [0.25, 0.3) is 0 Å². The first-order valence-corrected chi connectivity index (χ1v) is 9.30. The van der Waals surface area contributed by atoms with Crippen LogP contribution in [-0.2, 0) is 14.3 Å². The molecule has 2 rings (SSSR count). The number of ether oxygens (including phenoxy) is 2. The van der Waals surface area contributed by atoms with E-state index < -0.39 is 5.60 Å². The zero-order chi connectivity index (χ0) is 20.2. The quantitative estimate of drug-likeness (QED) is 0.569. The Labute approximate surface area is 164 Å². The summed E-state index contributed by atoms with van der Waals surface area (Å²) in [4.78, 5) is 36.1. The van der Waals surface area contributed by atoms with Crippen molar-refractivity contribution in [2.75, 3.05) is 38.2 Å². The van der Waals surface area contributed by atoms with Gasteiger partial charge in [0.1, 0.15) is 22.9 Å². The van der Waals surface area contributed by atoms with Gasteiger partial charge in [0.15, 0.2) is 0 Å². The second kappa shape index (κ2) is 8.73. The number of carbonyl (C=O) groups is 2. The second-order valence-corrected chi connectivity index (χ2v) is 7.90. The van der Waals surface area contributed by atoms with Gasteiger partial charge >= 0.3 is 12.1 Å². The van der Waals surface area contributed by atoms with Crippen molar-refractivity contribution in [2.45, 2.75) is 45.6 Å². The van der Waals surface area contributed by atoms with Gasteiger partial charge in [-0.05, 0) is 26.7 Å². The minimum absolute atomic E-state index is 0.189. The smallest absolute Gasteiger partial charge is 0.410 e. The van der Waals surface area contributed by atoms with Crippen LogP contribution in [0.3, 0.4) is 0 Å². The number of esters is 1. The van der Waals surface area contributed by atoms with Gasteiger partial charge in [0.05, 0.1) is 13.5 Å². The second-order valence-electron chi connectivity index (χ2n) is 7.54. The fourth-order valence-electron chi connectivity index (χ4n) is 2.90. The first kappa shape index (κ1) is 21.2. The number of nitrogens with zero attached hydrogens (tertiary/aromatic N) is 4. The van der Waals surface area contributed by atoms with Crippen LogP contribution in [0.2, 0.25) is 5.15 Å². The summed E-state index contributed by atoms with van der Waals surface area (Å²) >= 11 is 6.31. The molecular formula is C18H27ClN4O4. The highest BCUT2D eigenvalue weighted by atomic mass is 35.5. The first-order chi connectivity index (χ1) is 12.6. The highest BCUT2D eigenvalue weighted by molar-refractivity contribution is 6.30. The molecule has 2 heterocycles. The molecule has 0 bridgehead atoms. The molecule has 1 amide bonds. The maximum Gasteiger partial charge on any atom is 0.410 e. The van der Waals surface area contributed by atoms with E-state index in [1.54, 1.807) is 4.90 Å². The molecule has 0 spiro atoms. The third kappa shape index (κ3) is 5.69. The Morgan fingerprint density at radius 1 is 1.22 bits per heavy atom. The van der Waals surface area contributed by atoms with E-state index in [0.29, 0.717) is 37.1 Å². The van der Waals surface area contributed by atoms with Crippen molar-refractivity contribution in [3.63, 3.8) is 0 Å². The molecule has 150 valence electrons. The summed E-state index contributed by atoms with van der Waals surface area (Å²) in [6, 6.07) is 0. The van der Waals surface area contributed by atoms with E-state index in [9.17, 15) is 9.59 Å². The number of carbonyl (C=O) groups excluding carboxylic acids is 2. The molecule has 1 fully saturated rings. The Hall–Kier alpha value is -2.09. The van der Waals surface area contributed by atoms with Gasteiger partial charge in [-0.1, -0.05) is 18.5 Å². The van der Waals surface area contributed by atoms with Gasteiger partial charge in [-0.3, -0.25) is 4.79 Å². The molecule has 1 aliphatic rings. The lowest BCUT2D eigenvalue weighted by molar-refractivity contribution is -0.140. The molecule has 0 aromatic carbocycles. The van der Waals surface area contributed by atoms with Crippen molar-refractivity contribution >= 4 is 29.5 Å². The SMILES string of the molecule is COC(=O)C[C@@H](C)c1c(Cl)ncnc1N1CCN(C(=O)OC(C)(C)C)CC1. The summed E-state index contributed by atoms with van der Waals surface area (Å²) in [6.07, 6.45) is 1.28. The van der Waals surface area contributed by atoms with Crippen LogP contribution in [-0.4, -0.2) is 65.8 Å². The van der Waals surface area contributed by atoms with Crippen molar-refractivity contribution < 1.29 is 19.1 Å². The number of amides is 1. The summed E-state index contributed by atoms with van der Waals surface area (Å²) in [7, 11) is 1.36. The Kier molecular flexibility index (Phi) is 6.86. The topological polar surface area (TPSA) is 84.9 Å². The number of anilines is 1. The predicted molar refractivity (Wildman–Crippen MR) is 102 cm³/mol. The monoisotopic (exact) mass is 398 g/mol. The molecule has 0 saturated carbocycles. The minimum atomic E-state index is -0.523. The van der Waals surface area contributed by atoms with Crippen LogP contribution in [0.5, 0.6) is 0 Å². The molecule has 8 nitrogen and oxygen atoms in total. The molecule has 1 atom stereocenters. The fraction of sp³-hybridized carbons (Fsp3) is 0.667. The summed E-state index contributed by atoms with van der Waals surface area (Å²) < 4.78 is 10.2. The number of methoxy groups -OCH3 is 1. The van der Waals surface area contributed by atoms with Crippen LogP contribution < -0.4 is 4.90 Å². The van der Waals surface area contributed by atoms with Gasteiger partial charge in [-0.25, -0.2) is 14.8 Å². The molecule has 0 unspecified atom stereocenters. The van der Waals surface area contributed by atoms with Crippen LogP contribution in [0, 0.1) is 0 Å². The summed E-state index contributed by atoms with van der Waals surface area (Å²) in [5, 5.41) is 0.325. The number of hydrogen-bond donors (Lipinski definition) is 0. The molecule has 1 saturated heterocycles. The van der Waals surface area contributed by atoms with Crippen LogP contribution >= 0.6 is 11.6 Å². The van der Waals surface area contributed by atoms with E-state index in [4.69, 9.17) is 21.1 Å². The van der Waals surface area contributed by atoms with Gasteiger partial charge in [-0.15, -0.1) is 0 Å². The van der Waals surface area contributed by atoms with E-state index in [1.165, 1.54) is 13.4 Å². The van der Waals surface area contributed by atoms with Crippen LogP contribution in [0.1, 0.15) is 45.6 Å². The maximum absolute atomic E-state index is 12.2. The zero-order valence-electron chi connectivity index (χ0n) is 16.5. The molecule has 1 aromatic rings. The number of hydrogen-bond acceptors (Lipinski definition) is 7. The normalized spacial score (nSPS) is 16.1. The Morgan fingerprint density at radius 3 is 2.41 bits per heavy atom. The lowest BCUT2D eigenvalue weighted by Crippen LogP contribution is -2.50. The number of halogens is 1. The first-order valence-electron chi connectivity index (χ1n) is 8.92. The molecule has 1 aliphatic heterocycles. The molecule has 0 radical (unpaired) electrons. The van der Waals surface area contributed by atoms with Crippen LogP contribution in [0.15, 0.2) is 6.33 Å². The molecular weight excluding hydrogens is 372 g/mol. The number of piperazine rings is 1. The van der Waals surface area contributed by atoms with Crippen molar-refractivity contribution in [2.24, 2.45) is 0 Å². The molecule has 1 aromatic heterocycles. The van der Waals surface area contributed by atoms with E-state index in [1.807, 2.05) is 27.7 Å². The third-order valence-electron chi connectivity index (χ3n) is 4.24. The van der Waals surface area contributed by atoms with Gasteiger partial charge in [-0.2, -0.15) is 0 Å². The summed E-state index contributed by atoms with van der Waals surface area (Å²) in [6.45, 7) is 9.64. The average molecular weight is 399 g/mol. The van der Waals surface area contributed by atoms with Gasteiger partial charge in [0, 0.05) is 31.7 Å². The number of rotatable bonds is 4. The molecule has 27 heavy (non-hydrogen) atoms. The number of aromatic nitrogens is 2. The Morgan fingerprint density at radius 2 is 1.85 bits per heavy atom. The summed E-state index contributed by atoms with van der Waals surface area (Å²) in [5.41, 5.74) is 0.195. The maximum atomic E-state index is 12.2. The van der Waals surface area contributed by atoms with Crippen molar-refractivity contribution in [1.29, 1.82) is 0 Å². The lowest BCUT2D eigenvalue weighted by atomic mass is 9.99. The predicted octanol–water partition coefficient (Wildman–Crippen LogP) is 2.85. The van der Waals surface area contributed by atoms with Crippen LogP contribution in [0.4, 0.5) is 10.6 Å². The Bertz CT molecular complexity index is 684. The third-order valence-corrected chi connectivity index (χ3v) is 4.54. The average Bonchev–Trinajstić information content (AvgIpc) is 2.59. The standard InChI is InChI=1S/C18H27ClN4O4/c1-12(10-13(24)26-5)14-15(19)20-11-21-16(14)22-6-8-23(9-7-22)17(25)27-18(2,3)4/h11-12H,6-10H2,1-5H3/t12-/m1/s1. The van der Waals surface area contributed by atoms with Crippen molar-refractivity contribution in [3.05, 3.63) is 17.0 Å².